The van der Waals surface area contributed by atoms with Gasteiger partial charge < -0.3 is 0 Å². The zero-order chi connectivity index (χ0) is 22.7. The first-order chi connectivity index (χ1) is 17.4. The highest BCUT2D eigenvalue weighted by molar-refractivity contribution is 7.27. The second-order valence-corrected chi connectivity index (χ2v) is 11.3. The van der Waals surface area contributed by atoms with Crippen molar-refractivity contribution in [3.05, 3.63) is 97.1 Å². The lowest BCUT2D eigenvalue weighted by atomic mass is 10.00. The minimum atomic E-state index is 1.04. The zero-order valence-electron chi connectivity index (χ0n) is 18.4. The monoisotopic (exact) mass is 480 g/mol. The molecule has 2 nitrogen and oxygen atoms in total. The van der Waals surface area contributed by atoms with Gasteiger partial charge in [-0.05, 0) is 35.7 Å². The largest absolute Gasteiger partial charge is 0.290 e. The summed E-state index contributed by atoms with van der Waals surface area (Å²) in [7, 11) is 0. The second kappa shape index (κ2) is 6.36. The molecule has 9 aromatic rings. The van der Waals surface area contributed by atoms with Crippen molar-refractivity contribution in [2.75, 3.05) is 0 Å². The van der Waals surface area contributed by atoms with Crippen molar-refractivity contribution in [3.8, 4) is 0 Å². The molecule has 0 aliphatic rings. The minimum absolute atomic E-state index is 1.04. The minimum Gasteiger partial charge on any atom is -0.290 e. The van der Waals surface area contributed by atoms with Crippen molar-refractivity contribution in [1.82, 2.24) is 9.38 Å². The number of hydrogen-bond acceptors (Lipinski definition) is 3. The van der Waals surface area contributed by atoms with Crippen LogP contribution in [-0.2, 0) is 0 Å². The highest BCUT2D eigenvalue weighted by Gasteiger charge is 2.20. The van der Waals surface area contributed by atoms with Gasteiger partial charge in [0.2, 0.25) is 0 Å². The quantitative estimate of drug-likeness (QED) is 0.198. The number of fused-ring (bicyclic) bond motifs is 16. The molecule has 5 aromatic carbocycles. The van der Waals surface area contributed by atoms with Gasteiger partial charge in [-0.25, -0.2) is 4.98 Å². The lowest BCUT2D eigenvalue weighted by molar-refractivity contribution is 1.33. The molecule has 4 heterocycles. The third kappa shape index (κ3) is 2.22. The van der Waals surface area contributed by atoms with Gasteiger partial charge in [-0.15, -0.1) is 22.7 Å². The Balaban J connectivity index is 1.67. The van der Waals surface area contributed by atoms with Crippen LogP contribution in [0.2, 0.25) is 0 Å². The molecule has 0 atom stereocenters. The summed E-state index contributed by atoms with van der Waals surface area (Å²) in [4.78, 5) is 5.26. The third-order valence-electron chi connectivity index (χ3n) is 7.36. The molecule has 0 saturated heterocycles. The Labute approximate surface area is 207 Å². The maximum Gasteiger partial charge on any atom is 0.147 e. The van der Waals surface area contributed by atoms with E-state index in [2.05, 4.69) is 101 Å². The fourth-order valence-corrected chi connectivity index (χ4v) is 8.26. The maximum absolute atomic E-state index is 5.26. The van der Waals surface area contributed by atoms with E-state index in [9.17, 15) is 0 Å². The van der Waals surface area contributed by atoms with E-state index >= 15 is 0 Å². The molecule has 35 heavy (non-hydrogen) atoms. The number of nitrogens with zero attached hydrogens (tertiary/aromatic N) is 2. The van der Waals surface area contributed by atoms with Crippen LogP contribution in [0.25, 0.3) is 78.7 Å². The van der Waals surface area contributed by atoms with Gasteiger partial charge in [-0.3, -0.25) is 4.40 Å². The van der Waals surface area contributed by atoms with E-state index in [1.807, 2.05) is 22.7 Å². The van der Waals surface area contributed by atoms with Gasteiger partial charge in [0, 0.05) is 46.4 Å². The van der Waals surface area contributed by atoms with E-state index in [0.717, 1.165) is 16.7 Å². The van der Waals surface area contributed by atoms with E-state index in [1.54, 1.807) is 0 Å². The standard InChI is InChI=1S/C31H16N2S2/c1-5-11-24-17(7-1)20-14-13-19-18-15-16-26-27(21-8-2-6-12-25(21)34-26)28(18)31-32-22-9-3-4-10-23(22)33(31)29(19)30(20)35-24/h1-16H. The summed E-state index contributed by atoms with van der Waals surface area (Å²) in [6, 6.07) is 35.3. The smallest absolute Gasteiger partial charge is 0.147 e. The van der Waals surface area contributed by atoms with Gasteiger partial charge in [-0.2, -0.15) is 0 Å². The van der Waals surface area contributed by atoms with Gasteiger partial charge in [0.25, 0.3) is 0 Å². The normalized spacial score (nSPS) is 12.6. The van der Waals surface area contributed by atoms with Crippen LogP contribution in [-0.4, -0.2) is 9.38 Å². The third-order valence-corrected chi connectivity index (χ3v) is 9.69. The van der Waals surface area contributed by atoms with Crippen LogP contribution in [0, 0.1) is 0 Å². The van der Waals surface area contributed by atoms with Crippen LogP contribution in [0.4, 0.5) is 0 Å². The molecule has 0 fully saturated rings. The van der Waals surface area contributed by atoms with Gasteiger partial charge in [0.1, 0.15) is 5.65 Å². The SMILES string of the molecule is c1ccc2c(c1)nc1c3c(ccc4sc5ccccc5c43)c3ccc4c5ccccc5sc4c3n21. The maximum atomic E-state index is 5.26. The van der Waals surface area contributed by atoms with Crippen LogP contribution in [0.5, 0.6) is 0 Å². The Morgan fingerprint density at radius 2 is 1.23 bits per heavy atom. The molecular formula is C31H16N2S2. The molecule has 4 aromatic heterocycles. The Kier molecular flexibility index (Phi) is 3.34. The van der Waals surface area contributed by atoms with Crippen molar-refractivity contribution < 1.29 is 0 Å². The molecule has 0 unspecified atom stereocenters. The molecule has 0 spiro atoms. The lowest BCUT2D eigenvalue weighted by Crippen LogP contribution is -1.92. The van der Waals surface area contributed by atoms with Crippen molar-refractivity contribution in [2.45, 2.75) is 0 Å². The van der Waals surface area contributed by atoms with E-state index in [1.165, 1.54) is 62.0 Å². The zero-order valence-corrected chi connectivity index (χ0v) is 20.1. The van der Waals surface area contributed by atoms with Crippen molar-refractivity contribution >= 4 is 101 Å². The molecule has 162 valence electrons. The summed E-state index contributed by atoms with van der Waals surface area (Å²) < 4.78 is 7.72. The van der Waals surface area contributed by atoms with Crippen LogP contribution in [0.3, 0.4) is 0 Å². The highest BCUT2D eigenvalue weighted by Crippen LogP contribution is 2.46. The molecule has 0 aliphatic heterocycles. The average Bonchev–Trinajstić information content (AvgIpc) is 3.59. The number of rotatable bonds is 0. The predicted molar refractivity (Wildman–Crippen MR) is 153 cm³/mol. The molecule has 0 aliphatic carbocycles. The number of benzene rings is 5. The molecule has 9 rings (SSSR count). The molecule has 0 bridgehead atoms. The molecule has 0 N–H and O–H groups in total. The van der Waals surface area contributed by atoms with Crippen LogP contribution < -0.4 is 0 Å². The van der Waals surface area contributed by atoms with Gasteiger partial charge in [0.05, 0.1) is 21.3 Å². The second-order valence-electron chi connectivity index (χ2n) is 9.16. The molecule has 4 heteroatoms. The number of para-hydroxylation sites is 2. The molecule has 0 amide bonds. The number of pyridine rings is 1. The first kappa shape index (κ1) is 18.4. The molecule has 0 saturated carbocycles. The molecular weight excluding hydrogens is 464 g/mol. The number of aromatic nitrogens is 2. The van der Waals surface area contributed by atoms with E-state index in [0.29, 0.717) is 0 Å². The Morgan fingerprint density at radius 3 is 2.14 bits per heavy atom. The lowest BCUT2D eigenvalue weighted by Gasteiger charge is -2.11. The van der Waals surface area contributed by atoms with E-state index in [4.69, 9.17) is 4.98 Å². The predicted octanol–water partition coefficient (Wildman–Crippen LogP) is 9.53. The average molecular weight is 481 g/mol. The van der Waals surface area contributed by atoms with Crippen LogP contribution in [0.15, 0.2) is 97.1 Å². The Bertz CT molecular complexity index is 2330. The summed E-state index contributed by atoms with van der Waals surface area (Å²) >= 11 is 3.76. The fourth-order valence-electron chi connectivity index (χ4n) is 5.91. The topological polar surface area (TPSA) is 17.3 Å². The van der Waals surface area contributed by atoms with E-state index < -0.39 is 0 Å². The summed E-state index contributed by atoms with van der Waals surface area (Å²) in [5.74, 6) is 0. The highest BCUT2D eigenvalue weighted by atomic mass is 32.1. The fraction of sp³-hybridized carbons (Fsp3) is 0. The van der Waals surface area contributed by atoms with Crippen LogP contribution >= 0.6 is 22.7 Å². The van der Waals surface area contributed by atoms with Gasteiger partial charge in [-0.1, -0.05) is 66.7 Å². The Morgan fingerprint density at radius 1 is 0.514 bits per heavy atom. The first-order valence-corrected chi connectivity index (χ1v) is 13.4. The van der Waals surface area contributed by atoms with E-state index in [-0.39, 0.29) is 0 Å². The Hall–Kier alpha value is -3.99. The summed E-state index contributed by atoms with van der Waals surface area (Å²) in [5.41, 5.74) is 4.51. The number of imidazole rings is 1. The summed E-state index contributed by atoms with van der Waals surface area (Å²) in [6.07, 6.45) is 0. The van der Waals surface area contributed by atoms with Gasteiger partial charge >= 0.3 is 0 Å². The van der Waals surface area contributed by atoms with Crippen molar-refractivity contribution in [3.63, 3.8) is 0 Å². The summed E-state index contributed by atoms with van der Waals surface area (Å²) in [5, 5.41) is 9.09. The van der Waals surface area contributed by atoms with Crippen molar-refractivity contribution in [1.29, 1.82) is 0 Å². The number of thiophene rings is 2. The summed E-state index contributed by atoms with van der Waals surface area (Å²) in [6.45, 7) is 0. The number of hydrogen-bond donors (Lipinski definition) is 0. The van der Waals surface area contributed by atoms with Crippen LogP contribution in [0.1, 0.15) is 0 Å². The van der Waals surface area contributed by atoms with Crippen molar-refractivity contribution in [2.24, 2.45) is 0 Å². The molecule has 0 radical (unpaired) electrons. The first-order valence-electron chi connectivity index (χ1n) is 11.7. The van der Waals surface area contributed by atoms with Gasteiger partial charge in [0.15, 0.2) is 0 Å².